The van der Waals surface area contributed by atoms with Crippen LogP contribution in [0.3, 0.4) is 0 Å². The Morgan fingerprint density at radius 1 is 1.12 bits per heavy atom. The molecule has 0 spiro atoms. The van der Waals surface area contributed by atoms with Gasteiger partial charge in [-0.05, 0) is 37.8 Å². The van der Waals surface area contributed by atoms with Gasteiger partial charge in [0, 0.05) is 17.8 Å². The Bertz CT molecular complexity index is 834. The summed E-state index contributed by atoms with van der Waals surface area (Å²) in [6.45, 7) is 0. The number of fused-ring (bicyclic) bond motifs is 1. The molecule has 0 aromatic carbocycles. The van der Waals surface area contributed by atoms with E-state index in [9.17, 15) is 9.59 Å². The topological polar surface area (TPSA) is 79.8 Å². The van der Waals surface area contributed by atoms with Gasteiger partial charge in [-0.2, -0.15) is 0 Å². The van der Waals surface area contributed by atoms with E-state index in [0.29, 0.717) is 6.42 Å². The highest BCUT2D eigenvalue weighted by Crippen LogP contribution is 2.31. The van der Waals surface area contributed by atoms with Gasteiger partial charge in [0.05, 0.1) is 11.7 Å². The molecule has 0 amide bonds. The van der Waals surface area contributed by atoms with Gasteiger partial charge in [-0.3, -0.25) is 9.36 Å². The highest BCUT2D eigenvalue weighted by atomic mass is 16.2. The number of aromatic nitrogens is 3. The zero-order valence-corrected chi connectivity index (χ0v) is 13.6. The fourth-order valence-electron chi connectivity index (χ4n) is 4.02. The Balaban J connectivity index is 1.68. The molecule has 4 rings (SSSR count). The van der Waals surface area contributed by atoms with Gasteiger partial charge in [0.2, 0.25) is 0 Å². The Kier molecular flexibility index (Phi) is 3.96. The number of hydrogen-bond donors (Lipinski definition) is 2. The normalized spacial score (nSPS) is 20.8. The average Bonchev–Trinajstić information content (AvgIpc) is 3.00. The van der Waals surface area contributed by atoms with Gasteiger partial charge in [0.15, 0.2) is 0 Å². The van der Waals surface area contributed by atoms with Crippen LogP contribution in [0.15, 0.2) is 34.0 Å². The molecule has 1 fully saturated rings. The molecule has 0 unspecified atom stereocenters. The van der Waals surface area contributed by atoms with Gasteiger partial charge >= 0.3 is 5.69 Å². The summed E-state index contributed by atoms with van der Waals surface area (Å²) < 4.78 is 1.47. The van der Waals surface area contributed by atoms with Crippen LogP contribution in [-0.2, 0) is 6.42 Å². The fraction of sp³-hybridized carbons (Fsp3) is 0.500. The molecular formula is C18H22N4O2. The molecule has 6 nitrogen and oxygen atoms in total. The smallest absolute Gasteiger partial charge is 0.328 e. The Labute approximate surface area is 140 Å². The first-order valence-corrected chi connectivity index (χ1v) is 8.79. The van der Waals surface area contributed by atoms with Crippen molar-refractivity contribution in [3.63, 3.8) is 0 Å². The second-order valence-electron chi connectivity index (χ2n) is 6.74. The number of hydrogen-bond acceptors (Lipinski definition) is 4. The van der Waals surface area contributed by atoms with Crippen LogP contribution in [0.4, 0.5) is 5.82 Å². The first kappa shape index (κ1) is 15.2. The molecule has 1 atom stereocenters. The van der Waals surface area contributed by atoms with Gasteiger partial charge in [0.25, 0.3) is 5.56 Å². The van der Waals surface area contributed by atoms with Gasteiger partial charge in [-0.15, -0.1) is 0 Å². The Hall–Kier alpha value is -2.37. The number of rotatable bonds is 3. The quantitative estimate of drug-likeness (QED) is 0.908. The maximum atomic E-state index is 12.9. The van der Waals surface area contributed by atoms with Crippen molar-refractivity contribution < 1.29 is 0 Å². The van der Waals surface area contributed by atoms with E-state index in [0.717, 1.165) is 49.2 Å². The predicted octanol–water partition coefficient (Wildman–Crippen LogP) is 2.54. The van der Waals surface area contributed by atoms with Crippen molar-refractivity contribution >= 4 is 5.82 Å². The summed E-state index contributed by atoms with van der Waals surface area (Å²) >= 11 is 0. The molecule has 2 aliphatic rings. The molecule has 2 aromatic rings. The van der Waals surface area contributed by atoms with Gasteiger partial charge in [-0.1, -0.05) is 25.3 Å². The molecule has 0 saturated heterocycles. The lowest BCUT2D eigenvalue weighted by molar-refractivity contribution is 0.335. The van der Waals surface area contributed by atoms with Crippen LogP contribution < -0.4 is 16.6 Å². The summed E-state index contributed by atoms with van der Waals surface area (Å²) in [5.41, 5.74) is 1.14. The largest absolute Gasteiger partial charge is 0.362 e. The second kappa shape index (κ2) is 6.26. The molecule has 2 aliphatic carbocycles. The third kappa shape index (κ3) is 2.66. The molecule has 2 N–H and O–H groups in total. The van der Waals surface area contributed by atoms with Crippen LogP contribution in [0, 0.1) is 0 Å². The zero-order valence-electron chi connectivity index (χ0n) is 13.6. The zero-order chi connectivity index (χ0) is 16.5. The number of pyridine rings is 1. The number of anilines is 1. The lowest BCUT2D eigenvalue weighted by atomic mass is 9.95. The second-order valence-corrected chi connectivity index (χ2v) is 6.74. The van der Waals surface area contributed by atoms with Gasteiger partial charge in [0.1, 0.15) is 5.82 Å². The molecule has 24 heavy (non-hydrogen) atoms. The van der Waals surface area contributed by atoms with Crippen molar-refractivity contribution in [2.75, 3.05) is 5.32 Å². The van der Waals surface area contributed by atoms with E-state index >= 15 is 0 Å². The summed E-state index contributed by atoms with van der Waals surface area (Å²) in [4.78, 5) is 32.7. The van der Waals surface area contributed by atoms with Gasteiger partial charge < -0.3 is 10.3 Å². The highest BCUT2D eigenvalue weighted by molar-refractivity contribution is 5.40. The number of nitrogens with zero attached hydrogens (tertiary/aromatic N) is 2. The molecule has 0 aliphatic heterocycles. The van der Waals surface area contributed by atoms with Crippen molar-refractivity contribution in [1.29, 1.82) is 0 Å². The fourth-order valence-corrected chi connectivity index (χ4v) is 4.02. The van der Waals surface area contributed by atoms with Crippen LogP contribution in [0.25, 0.3) is 0 Å². The summed E-state index contributed by atoms with van der Waals surface area (Å²) in [5, 5.41) is 3.32. The van der Waals surface area contributed by atoms with Crippen molar-refractivity contribution in [2.45, 2.75) is 57.0 Å². The van der Waals surface area contributed by atoms with Crippen LogP contribution >= 0.6 is 0 Å². The van der Waals surface area contributed by atoms with E-state index in [1.165, 1.54) is 11.0 Å². The molecule has 6 heteroatoms. The minimum Gasteiger partial charge on any atom is -0.362 e. The molecule has 0 bridgehead atoms. The van der Waals surface area contributed by atoms with Crippen LogP contribution in [0.5, 0.6) is 0 Å². The molecule has 2 heterocycles. The van der Waals surface area contributed by atoms with E-state index in [2.05, 4.69) is 15.3 Å². The standard InChI is InChI=1S/C18H22N4O2/c23-17-13-9-10-14(20-15-8-4-5-11-19-15)16(13)21-18(24)22(17)12-6-2-1-3-7-12/h4-5,8,11-12,14H,1-3,6-7,9-10H2,(H,19,20)(H,21,24)/t14-/m1/s1. The van der Waals surface area contributed by atoms with E-state index in [-0.39, 0.29) is 23.3 Å². The maximum Gasteiger partial charge on any atom is 0.328 e. The molecule has 1 saturated carbocycles. The lowest BCUT2D eigenvalue weighted by Gasteiger charge is -2.23. The monoisotopic (exact) mass is 326 g/mol. The van der Waals surface area contributed by atoms with Crippen molar-refractivity contribution in [3.8, 4) is 0 Å². The summed E-state index contributed by atoms with van der Waals surface area (Å²) in [5.74, 6) is 0.757. The number of nitrogens with one attached hydrogen (secondary N) is 2. The van der Waals surface area contributed by atoms with Crippen LogP contribution in [-0.4, -0.2) is 14.5 Å². The van der Waals surface area contributed by atoms with E-state index in [1.807, 2.05) is 18.2 Å². The lowest BCUT2D eigenvalue weighted by Crippen LogP contribution is -2.41. The number of aromatic amines is 1. The predicted molar refractivity (Wildman–Crippen MR) is 92.4 cm³/mol. The summed E-state index contributed by atoms with van der Waals surface area (Å²) in [6.07, 6.45) is 8.46. The van der Waals surface area contributed by atoms with Crippen LogP contribution in [0.1, 0.15) is 61.9 Å². The minimum absolute atomic E-state index is 0.0584. The van der Waals surface area contributed by atoms with Crippen molar-refractivity contribution in [2.24, 2.45) is 0 Å². The Morgan fingerprint density at radius 3 is 2.71 bits per heavy atom. The van der Waals surface area contributed by atoms with Gasteiger partial charge in [-0.25, -0.2) is 9.78 Å². The van der Waals surface area contributed by atoms with E-state index in [1.54, 1.807) is 6.20 Å². The summed E-state index contributed by atoms with van der Waals surface area (Å²) in [6, 6.07) is 5.66. The Morgan fingerprint density at radius 2 is 1.96 bits per heavy atom. The average molecular weight is 326 g/mol. The SMILES string of the molecule is O=c1[nH]c2c(c(=O)n1C1CCCCC1)CC[C@H]2Nc1ccccn1. The molecular weight excluding hydrogens is 304 g/mol. The van der Waals surface area contributed by atoms with E-state index in [4.69, 9.17) is 0 Å². The minimum atomic E-state index is -0.264. The summed E-state index contributed by atoms with van der Waals surface area (Å²) in [7, 11) is 0. The first-order chi connectivity index (χ1) is 11.7. The number of H-pyrrole nitrogens is 1. The van der Waals surface area contributed by atoms with Crippen molar-refractivity contribution in [3.05, 3.63) is 56.5 Å². The van der Waals surface area contributed by atoms with E-state index < -0.39 is 0 Å². The molecule has 0 radical (unpaired) electrons. The van der Waals surface area contributed by atoms with Crippen LogP contribution in [0.2, 0.25) is 0 Å². The maximum absolute atomic E-state index is 12.9. The third-order valence-corrected chi connectivity index (χ3v) is 5.22. The van der Waals surface area contributed by atoms with Crippen molar-refractivity contribution in [1.82, 2.24) is 14.5 Å². The first-order valence-electron chi connectivity index (χ1n) is 8.79. The molecule has 126 valence electrons. The highest BCUT2D eigenvalue weighted by Gasteiger charge is 2.30. The third-order valence-electron chi connectivity index (χ3n) is 5.22. The molecule has 2 aromatic heterocycles.